The van der Waals surface area contributed by atoms with Gasteiger partial charge in [0.25, 0.3) is 0 Å². The van der Waals surface area contributed by atoms with E-state index in [1.165, 1.54) is 0 Å². The molecule has 1 N–H and O–H groups in total. The molecule has 1 aromatic carbocycles. The summed E-state index contributed by atoms with van der Waals surface area (Å²) in [7, 11) is 1.56. The monoisotopic (exact) mass is 281 g/mol. The Hall–Kier alpha value is -1.21. The predicted octanol–water partition coefficient (Wildman–Crippen LogP) is 3.03. The zero-order valence-electron chi connectivity index (χ0n) is 9.17. The van der Waals surface area contributed by atoms with E-state index in [-0.39, 0.29) is 5.75 Å². The lowest BCUT2D eigenvalue weighted by Gasteiger charge is -2.15. The van der Waals surface area contributed by atoms with Crippen LogP contribution in [0.3, 0.4) is 0 Å². The fraction of sp³-hybridized carbons (Fsp3) is 0.417. The molecule has 0 radical (unpaired) electrons. The van der Waals surface area contributed by atoms with Crippen molar-refractivity contribution >= 4 is 15.9 Å². The number of phenolic OH excluding ortho intramolecular Hbond substituents is 1. The first-order chi connectivity index (χ1) is 7.55. The molecule has 0 amide bonds. The molecule has 0 atom stereocenters. The average molecular weight is 282 g/mol. The van der Waals surface area contributed by atoms with Crippen LogP contribution in [-0.4, -0.2) is 12.2 Å². The van der Waals surface area contributed by atoms with Crippen molar-refractivity contribution in [1.29, 1.82) is 5.26 Å². The Morgan fingerprint density at radius 3 is 2.62 bits per heavy atom. The van der Waals surface area contributed by atoms with Crippen molar-refractivity contribution in [1.82, 2.24) is 0 Å². The predicted molar refractivity (Wildman–Crippen MR) is 63.6 cm³/mol. The van der Waals surface area contributed by atoms with Gasteiger partial charge in [0.1, 0.15) is 16.0 Å². The van der Waals surface area contributed by atoms with Gasteiger partial charge in [-0.3, -0.25) is 0 Å². The molecule has 0 spiro atoms. The van der Waals surface area contributed by atoms with E-state index in [9.17, 15) is 5.11 Å². The van der Waals surface area contributed by atoms with Gasteiger partial charge >= 0.3 is 0 Å². The largest absolute Gasteiger partial charge is 0.506 e. The smallest absolute Gasteiger partial charge is 0.139 e. The molecule has 1 fully saturated rings. The highest BCUT2D eigenvalue weighted by molar-refractivity contribution is 9.10. The van der Waals surface area contributed by atoms with E-state index in [1.54, 1.807) is 7.11 Å². The summed E-state index contributed by atoms with van der Waals surface area (Å²) in [6, 6.07) is 4.12. The molecular weight excluding hydrogens is 270 g/mol. The Morgan fingerprint density at radius 1 is 1.56 bits per heavy atom. The Morgan fingerprint density at radius 2 is 2.19 bits per heavy atom. The van der Waals surface area contributed by atoms with Gasteiger partial charge in [0, 0.05) is 5.56 Å². The second-order valence-corrected chi connectivity index (χ2v) is 4.92. The molecule has 0 heterocycles. The van der Waals surface area contributed by atoms with E-state index in [2.05, 4.69) is 22.0 Å². The maximum absolute atomic E-state index is 10.1. The molecule has 0 aliphatic heterocycles. The van der Waals surface area contributed by atoms with Crippen molar-refractivity contribution in [3.8, 4) is 17.6 Å². The molecule has 4 heteroatoms. The number of ether oxygens (including phenoxy) is 1. The van der Waals surface area contributed by atoms with Crippen molar-refractivity contribution in [3.05, 3.63) is 21.7 Å². The molecule has 1 saturated carbocycles. The van der Waals surface area contributed by atoms with Gasteiger partial charge in [-0.1, -0.05) is 0 Å². The summed E-state index contributed by atoms with van der Waals surface area (Å²) in [6.45, 7) is 1.90. The number of aryl methyl sites for hydroxylation is 1. The zero-order valence-corrected chi connectivity index (χ0v) is 10.8. The lowest BCUT2D eigenvalue weighted by Crippen LogP contribution is -2.05. The van der Waals surface area contributed by atoms with Gasteiger partial charge in [0.2, 0.25) is 0 Å². The summed E-state index contributed by atoms with van der Waals surface area (Å²) in [5, 5.41) is 19.2. The number of phenols is 1. The van der Waals surface area contributed by atoms with Crippen LogP contribution in [0.15, 0.2) is 10.5 Å². The molecule has 0 unspecified atom stereocenters. The van der Waals surface area contributed by atoms with Crippen molar-refractivity contribution in [2.45, 2.75) is 25.2 Å². The lowest BCUT2D eigenvalue weighted by molar-refractivity contribution is 0.398. The van der Waals surface area contributed by atoms with Crippen LogP contribution in [0, 0.1) is 18.3 Å². The fourth-order valence-corrected chi connectivity index (χ4v) is 2.62. The van der Waals surface area contributed by atoms with Gasteiger partial charge < -0.3 is 9.84 Å². The topological polar surface area (TPSA) is 53.2 Å². The van der Waals surface area contributed by atoms with Gasteiger partial charge in [-0.2, -0.15) is 5.26 Å². The van der Waals surface area contributed by atoms with Crippen LogP contribution in [0.2, 0.25) is 0 Å². The number of methoxy groups -OCH3 is 1. The first kappa shape index (κ1) is 11.3. The first-order valence-corrected chi connectivity index (χ1v) is 5.83. The van der Waals surface area contributed by atoms with E-state index in [4.69, 9.17) is 10.00 Å². The van der Waals surface area contributed by atoms with E-state index < -0.39 is 5.41 Å². The Labute approximate surface area is 103 Å². The van der Waals surface area contributed by atoms with Gasteiger partial charge in [-0.05, 0) is 47.3 Å². The fourth-order valence-electron chi connectivity index (χ4n) is 1.93. The summed E-state index contributed by atoms with van der Waals surface area (Å²) < 4.78 is 5.72. The van der Waals surface area contributed by atoms with Crippen LogP contribution in [0.4, 0.5) is 0 Å². The number of nitriles is 1. The molecule has 0 bridgehead atoms. The van der Waals surface area contributed by atoms with Crippen LogP contribution in [0.1, 0.15) is 24.0 Å². The highest BCUT2D eigenvalue weighted by Crippen LogP contribution is 2.54. The zero-order chi connectivity index (χ0) is 11.9. The van der Waals surface area contributed by atoms with Crippen LogP contribution in [0.25, 0.3) is 0 Å². The van der Waals surface area contributed by atoms with Crippen LogP contribution < -0.4 is 4.74 Å². The SMILES string of the molecule is COc1c(C)cc(C2(C#N)CC2)c(O)c1Br. The highest BCUT2D eigenvalue weighted by atomic mass is 79.9. The first-order valence-electron chi connectivity index (χ1n) is 5.03. The molecule has 0 aromatic heterocycles. The number of hydrogen-bond donors (Lipinski definition) is 1. The van der Waals surface area contributed by atoms with Crippen molar-refractivity contribution in [2.24, 2.45) is 0 Å². The van der Waals surface area contributed by atoms with Gasteiger partial charge in [-0.15, -0.1) is 0 Å². The number of halogens is 1. The summed E-state index contributed by atoms with van der Waals surface area (Å²) in [6.07, 6.45) is 1.63. The quantitative estimate of drug-likeness (QED) is 0.907. The minimum atomic E-state index is -0.483. The normalized spacial score (nSPS) is 16.6. The summed E-state index contributed by atoms with van der Waals surface area (Å²) in [5.74, 6) is 0.747. The number of benzene rings is 1. The Kier molecular flexibility index (Phi) is 2.59. The van der Waals surface area contributed by atoms with E-state index in [0.717, 1.165) is 18.4 Å². The number of rotatable bonds is 2. The van der Waals surface area contributed by atoms with Crippen LogP contribution >= 0.6 is 15.9 Å². The molecule has 3 nitrogen and oxygen atoms in total. The van der Waals surface area contributed by atoms with Gasteiger partial charge in [0.15, 0.2) is 0 Å². The molecule has 2 rings (SSSR count). The molecule has 1 aliphatic carbocycles. The molecular formula is C12H12BrNO2. The van der Waals surface area contributed by atoms with E-state index in [0.29, 0.717) is 15.8 Å². The summed E-state index contributed by atoms with van der Waals surface area (Å²) in [5.41, 5.74) is 1.15. The van der Waals surface area contributed by atoms with E-state index in [1.807, 2.05) is 13.0 Å². The maximum Gasteiger partial charge on any atom is 0.139 e. The molecule has 0 saturated heterocycles. The van der Waals surface area contributed by atoms with Crippen molar-refractivity contribution < 1.29 is 9.84 Å². The highest BCUT2D eigenvalue weighted by Gasteiger charge is 2.47. The Balaban J connectivity index is 2.62. The van der Waals surface area contributed by atoms with Gasteiger partial charge in [0.05, 0.1) is 18.6 Å². The average Bonchev–Trinajstić information content (AvgIpc) is 3.05. The second kappa shape index (κ2) is 3.67. The summed E-state index contributed by atoms with van der Waals surface area (Å²) >= 11 is 3.31. The number of nitrogens with zero attached hydrogens (tertiary/aromatic N) is 1. The second-order valence-electron chi connectivity index (χ2n) is 4.13. The molecule has 1 aromatic rings. The van der Waals surface area contributed by atoms with Crippen LogP contribution in [-0.2, 0) is 5.41 Å². The third-order valence-electron chi connectivity index (χ3n) is 3.07. The minimum Gasteiger partial charge on any atom is -0.506 e. The Bertz CT molecular complexity index is 487. The van der Waals surface area contributed by atoms with Crippen LogP contribution in [0.5, 0.6) is 11.5 Å². The minimum absolute atomic E-state index is 0.126. The number of aromatic hydroxyl groups is 1. The number of hydrogen-bond acceptors (Lipinski definition) is 3. The van der Waals surface area contributed by atoms with E-state index >= 15 is 0 Å². The van der Waals surface area contributed by atoms with Crippen molar-refractivity contribution in [3.63, 3.8) is 0 Å². The molecule has 1 aliphatic rings. The maximum atomic E-state index is 10.1. The molecule has 16 heavy (non-hydrogen) atoms. The standard InChI is InChI=1S/C12H12BrNO2/c1-7-5-8(12(6-14)3-4-12)10(15)9(13)11(7)16-2/h5,15H,3-4H2,1-2H3. The third-order valence-corrected chi connectivity index (χ3v) is 3.80. The lowest BCUT2D eigenvalue weighted by atomic mass is 9.94. The van der Waals surface area contributed by atoms with Crippen molar-refractivity contribution in [2.75, 3.05) is 7.11 Å². The van der Waals surface area contributed by atoms with Gasteiger partial charge in [-0.25, -0.2) is 0 Å². The third kappa shape index (κ3) is 1.47. The molecule has 84 valence electrons. The summed E-state index contributed by atoms with van der Waals surface area (Å²) in [4.78, 5) is 0.